The average molecular weight is 425 g/mol. The van der Waals surface area contributed by atoms with Crippen molar-refractivity contribution in [3.8, 4) is 17.2 Å². The summed E-state index contributed by atoms with van der Waals surface area (Å²) in [6, 6.07) is 18.2. The number of carbonyl (C=O) groups is 1. The molecule has 0 fully saturated rings. The normalized spacial score (nSPS) is 15.3. The van der Waals surface area contributed by atoms with Crippen molar-refractivity contribution in [1.29, 1.82) is 0 Å². The molecule has 154 valence electrons. The molecule has 1 aliphatic rings. The molecule has 1 heterocycles. The molecule has 0 aromatic heterocycles. The van der Waals surface area contributed by atoms with Gasteiger partial charge in [0.05, 0.1) is 26.9 Å². The monoisotopic (exact) mass is 424 g/mol. The molecule has 0 saturated carbocycles. The summed E-state index contributed by atoms with van der Waals surface area (Å²) in [5, 5.41) is 4.06. The third kappa shape index (κ3) is 3.29. The summed E-state index contributed by atoms with van der Waals surface area (Å²) in [7, 11) is 4.68. The molecule has 0 aliphatic carbocycles. The van der Waals surface area contributed by atoms with Crippen LogP contribution in [0.3, 0.4) is 0 Å². The second kappa shape index (κ2) is 8.16. The van der Waals surface area contributed by atoms with Crippen molar-refractivity contribution in [1.82, 2.24) is 0 Å². The molecule has 4 rings (SSSR count). The van der Waals surface area contributed by atoms with Crippen LogP contribution in [0.5, 0.6) is 17.2 Å². The van der Waals surface area contributed by atoms with Gasteiger partial charge in [-0.15, -0.1) is 0 Å². The molecule has 3 aromatic rings. The smallest absolute Gasteiger partial charge is 0.262 e. The van der Waals surface area contributed by atoms with E-state index in [1.165, 1.54) is 0 Å². The zero-order valence-electron chi connectivity index (χ0n) is 16.8. The maximum Gasteiger partial charge on any atom is 0.262 e. The molecule has 1 amide bonds. The van der Waals surface area contributed by atoms with E-state index in [0.717, 1.165) is 11.3 Å². The van der Waals surface area contributed by atoms with Gasteiger partial charge in [-0.05, 0) is 48.5 Å². The highest BCUT2D eigenvalue weighted by Gasteiger charge is 2.36. The van der Waals surface area contributed by atoms with E-state index in [1.54, 1.807) is 50.5 Å². The van der Waals surface area contributed by atoms with E-state index in [0.29, 0.717) is 33.5 Å². The van der Waals surface area contributed by atoms with E-state index < -0.39 is 6.17 Å². The van der Waals surface area contributed by atoms with Crippen molar-refractivity contribution >= 4 is 28.9 Å². The Bertz CT molecular complexity index is 1090. The van der Waals surface area contributed by atoms with Crippen LogP contribution < -0.4 is 24.4 Å². The molecule has 3 aromatic carbocycles. The number of anilines is 2. The molecule has 1 N–H and O–H groups in total. The summed E-state index contributed by atoms with van der Waals surface area (Å²) in [4.78, 5) is 15.2. The quantitative estimate of drug-likeness (QED) is 0.614. The van der Waals surface area contributed by atoms with E-state index in [1.807, 2.05) is 36.4 Å². The summed E-state index contributed by atoms with van der Waals surface area (Å²) in [6.07, 6.45) is -0.539. The highest BCUT2D eigenvalue weighted by atomic mass is 35.5. The van der Waals surface area contributed by atoms with E-state index in [9.17, 15) is 4.79 Å². The molecular weight excluding hydrogens is 404 g/mol. The number of hydrogen-bond donors (Lipinski definition) is 1. The standard InChI is InChI=1S/C23H21ClN2O4/c1-28-19-13-12-17(20(29-2)21(19)30-3)22-25-18-7-5-4-6-16(18)23(27)26(22)15-10-8-14(24)9-11-15/h4-13,22,25H,1-3H3. The van der Waals surface area contributed by atoms with Crippen LogP contribution in [0.25, 0.3) is 0 Å². The number of rotatable bonds is 5. The molecule has 7 heteroatoms. The first kappa shape index (κ1) is 19.9. The number of benzene rings is 3. The highest BCUT2D eigenvalue weighted by molar-refractivity contribution is 6.30. The first-order valence-corrected chi connectivity index (χ1v) is 9.70. The van der Waals surface area contributed by atoms with Gasteiger partial charge >= 0.3 is 0 Å². The van der Waals surface area contributed by atoms with E-state index >= 15 is 0 Å². The van der Waals surface area contributed by atoms with Gasteiger partial charge in [-0.1, -0.05) is 23.7 Å². The van der Waals surface area contributed by atoms with E-state index in [4.69, 9.17) is 25.8 Å². The van der Waals surface area contributed by atoms with Crippen LogP contribution in [0.2, 0.25) is 5.02 Å². The predicted molar refractivity (Wildman–Crippen MR) is 117 cm³/mol. The number of methoxy groups -OCH3 is 3. The average Bonchev–Trinajstić information content (AvgIpc) is 2.78. The van der Waals surface area contributed by atoms with Gasteiger partial charge in [0.25, 0.3) is 5.91 Å². The fourth-order valence-electron chi connectivity index (χ4n) is 3.68. The van der Waals surface area contributed by atoms with Crippen molar-refractivity contribution in [2.75, 3.05) is 31.5 Å². The van der Waals surface area contributed by atoms with Crippen LogP contribution >= 0.6 is 11.6 Å². The maximum atomic E-state index is 13.5. The van der Waals surface area contributed by atoms with Crippen LogP contribution in [0.4, 0.5) is 11.4 Å². The molecule has 0 saturated heterocycles. The largest absolute Gasteiger partial charge is 0.493 e. The third-order valence-electron chi connectivity index (χ3n) is 5.06. The summed E-state index contributed by atoms with van der Waals surface area (Å²) in [5.74, 6) is 1.36. The van der Waals surface area contributed by atoms with Crippen molar-refractivity contribution in [3.63, 3.8) is 0 Å². The lowest BCUT2D eigenvalue weighted by molar-refractivity contribution is 0.0974. The Morgan fingerprint density at radius 3 is 2.23 bits per heavy atom. The van der Waals surface area contributed by atoms with Gasteiger partial charge in [0.1, 0.15) is 6.17 Å². The summed E-state index contributed by atoms with van der Waals surface area (Å²) in [6.45, 7) is 0. The van der Waals surface area contributed by atoms with Gasteiger partial charge in [0, 0.05) is 22.0 Å². The number of hydrogen-bond acceptors (Lipinski definition) is 5. The number of halogens is 1. The number of fused-ring (bicyclic) bond motifs is 1. The van der Waals surface area contributed by atoms with Crippen LogP contribution in [0.15, 0.2) is 60.7 Å². The number of para-hydroxylation sites is 1. The fraction of sp³-hybridized carbons (Fsp3) is 0.174. The topological polar surface area (TPSA) is 60.0 Å². The number of carbonyl (C=O) groups excluding carboxylic acids is 1. The van der Waals surface area contributed by atoms with Crippen LogP contribution in [-0.2, 0) is 0 Å². The molecule has 6 nitrogen and oxygen atoms in total. The highest BCUT2D eigenvalue weighted by Crippen LogP contribution is 2.46. The molecule has 1 unspecified atom stereocenters. The summed E-state index contributed by atoms with van der Waals surface area (Å²) in [5.41, 5.74) is 2.76. The Labute approximate surface area is 179 Å². The lowest BCUT2D eigenvalue weighted by Crippen LogP contribution is -2.43. The Morgan fingerprint density at radius 1 is 0.867 bits per heavy atom. The fourth-order valence-corrected chi connectivity index (χ4v) is 3.80. The predicted octanol–water partition coefficient (Wildman–Crippen LogP) is 5.14. The minimum Gasteiger partial charge on any atom is -0.493 e. The van der Waals surface area contributed by atoms with Crippen molar-refractivity contribution in [2.45, 2.75) is 6.17 Å². The third-order valence-corrected chi connectivity index (χ3v) is 5.31. The molecular formula is C23H21ClN2O4. The molecule has 0 bridgehead atoms. The summed E-state index contributed by atoms with van der Waals surface area (Å²) < 4.78 is 16.6. The second-order valence-electron chi connectivity index (χ2n) is 6.67. The first-order valence-electron chi connectivity index (χ1n) is 9.32. The molecule has 0 radical (unpaired) electrons. The van der Waals surface area contributed by atoms with Crippen LogP contribution in [0, 0.1) is 0 Å². The van der Waals surface area contributed by atoms with Crippen molar-refractivity contribution in [2.24, 2.45) is 0 Å². The Kier molecular flexibility index (Phi) is 5.42. The van der Waals surface area contributed by atoms with Gasteiger partial charge < -0.3 is 19.5 Å². The molecule has 0 spiro atoms. The first-order chi connectivity index (χ1) is 14.6. The summed E-state index contributed by atoms with van der Waals surface area (Å²) >= 11 is 6.07. The lowest BCUT2D eigenvalue weighted by atomic mass is 10.0. The van der Waals surface area contributed by atoms with Crippen molar-refractivity contribution in [3.05, 3.63) is 76.8 Å². The molecule has 30 heavy (non-hydrogen) atoms. The minimum atomic E-state index is -0.539. The van der Waals surface area contributed by atoms with Gasteiger partial charge in [0.2, 0.25) is 5.75 Å². The minimum absolute atomic E-state index is 0.131. The van der Waals surface area contributed by atoms with E-state index in [2.05, 4.69) is 5.32 Å². The maximum absolute atomic E-state index is 13.5. The van der Waals surface area contributed by atoms with Gasteiger partial charge in [0.15, 0.2) is 11.5 Å². The molecule has 1 aliphatic heterocycles. The van der Waals surface area contributed by atoms with Crippen molar-refractivity contribution < 1.29 is 19.0 Å². The van der Waals surface area contributed by atoms with Gasteiger partial charge in [-0.25, -0.2) is 0 Å². The number of amides is 1. The van der Waals surface area contributed by atoms with Gasteiger partial charge in [-0.2, -0.15) is 0 Å². The zero-order chi connectivity index (χ0) is 21.3. The lowest BCUT2D eigenvalue weighted by Gasteiger charge is -2.38. The Morgan fingerprint density at radius 2 is 1.57 bits per heavy atom. The zero-order valence-corrected chi connectivity index (χ0v) is 17.6. The number of ether oxygens (including phenoxy) is 3. The molecule has 1 atom stereocenters. The van der Waals surface area contributed by atoms with E-state index in [-0.39, 0.29) is 5.91 Å². The Hall–Kier alpha value is -3.38. The van der Waals surface area contributed by atoms with Crippen LogP contribution in [0.1, 0.15) is 22.1 Å². The van der Waals surface area contributed by atoms with Crippen LogP contribution in [-0.4, -0.2) is 27.2 Å². The number of nitrogens with zero attached hydrogens (tertiary/aromatic N) is 1. The number of nitrogens with one attached hydrogen (secondary N) is 1. The SMILES string of the molecule is COc1ccc(C2Nc3ccccc3C(=O)N2c2ccc(Cl)cc2)c(OC)c1OC. The van der Waals surface area contributed by atoms with Gasteiger partial charge in [-0.3, -0.25) is 9.69 Å². The Balaban J connectivity index is 1.92. The second-order valence-corrected chi connectivity index (χ2v) is 7.10.